The molecule has 0 saturated heterocycles. The average Bonchev–Trinajstić information content (AvgIpc) is 2.71. The number of aliphatic hydroxyl groups is 1. The molecule has 1 N–H and O–H groups in total. The first-order valence-electron chi connectivity index (χ1n) is 6.77. The van der Waals surface area contributed by atoms with E-state index in [-0.39, 0.29) is 6.10 Å². The van der Waals surface area contributed by atoms with Crippen LogP contribution < -0.4 is 0 Å². The zero-order valence-electron chi connectivity index (χ0n) is 11.1. The summed E-state index contributed by atoms with van der Waals surface area (Å²) in [6, 6.07) is 0. The van der Waals surface area contributed by atoms with Crippen molar-refractivity contribution in [2.45, 2.75) is 64.9 Å². The summed E-state index contributed by atoms with van der Waals surface area (Å²) < 4.78 is 0. The van der Waals surface area contributed by atoms with Gasteiger partial charge in [0.2, 0.25) is 0 Å². The van der Waals surface area contributed by atoms with Gasteiger partial charge >= 0.3 is 0 Å². The number of aryl methyl sites for hydroxylation is 1. The van der Waals surface area contributed by atoms with Gasteiger partial charge < -0.3 is 5.11 Å². The second-order valence-electron chi connectivity index (χ2n) is 5.32. The second-order valence-corrected chi connectivity index (χ2v) is 6.38. The van der Waals surface area contributed by atoms with Crippen LogP contribution in [0.5, 0.6) is 0 Å². The lowest BCUT2D eigenvalue weighted by Crippen LogP contribution is -2.13. The van der Waals surface area contributed by atoms with E-state index in [0.717, 1.165) is 16.5 Å². The van der Waals surface area contributed by atoms with Crippen molar-refractivity contribution in [3.8, 4) is 0 Å². The van der Waals surface area contributed by atoms with Gasteiger partial charge in [0.1, 0.15) is 0 Å². The summed E-state index contributed by atoms with van der Waals surface area (Å²) in [4.78, 5) is 5.74. The zero-order chi connectivity index (χ0) is 12.4. The Morgan fingerprint density at radius 1 is 1.47 bits per heavy atom. The molecule has 1 saturated carbocycles. The molecular formula is C14H23NOS. The first kappa shape index (κ1) is 13.0. The highest BCUT2D eigenvalue weighted by molar-refractivity contribution is 7.11. The largest absolute Gasteiger partial charge is 0.388 e. The maximum Gasteiger partial charge on any atom is 0.0963 e. The van der Waals surface area contributed by atoms with Crippen molar-refractivity contribution in [2.24, 2.45) is 5.92 Å². The molecule has 0 aromatic carbocycles. The molecular weight excluding hydrogens is 230 g/mol. The minimum atomic E-state index is -0.369. The highest BCUT2D eigenvalue weighted by atomic mass is 32.1. The first-order valence-corrected chi connectivity index (χ1v) is 7.58. The zero-order valence-corrected chi connectivity index (χ0v) is 11.9. The molecule has 3 atom stereocenters. The van der Waals surface area contributed by atoms with Crippen LogP contribution in [-0.2, 0) is 0 Å². The fourth-order valence-corrected chi connectivity index (χ4v) is 4.03. The first-order chi connectivity index (χ1) is 8.11. The third kappa shape index (κ3) is 2.89. The summed E-state index contributed by atoms with van der Waals surface area (Å²) in [7, 11) is 0. The Bertz CT molecular complexity index is 372. The molecule has 0 spiro atoms. The van der Waals surface area contributed by atoms with Gasteiger partial charge in [-0.15, -0.1) is 11.3 Å². The lowest BCUT2D eigenvalue weighted by atomic mass is 9.80. The van der Waals surface area contributed by atoms with Crippen molar-refractivity contribution in [2.75, 3.05) is 0 Å². The maximum absolute atomic E-state index is 9.68. The number of nitrogens with zero attached hydrogens (tertiary/aromatic N) is 1. The van der Waals surface area contributed by atoms with Crippen LogP contribution in [0.1, 0.15) is 73.6 Å². The van der Waals surface area contributed by atoms with Crippen LogP contribution >= 0.6 is 11.3 Å². The second kappa shape index (κ2) is 5.49. The fourth-order valence-electron chi connectivity index (χ4n) is 2.88. The van der Waals surface area contributed by atoms with Gasteiger partial charge in [-0.05, 0) is 32.6 Å². The molecule has 1 aromatic heterocycles. The molecule has 17 heavy (non-hydrogen) atoms. The molecule has 0 bridgehead atoms. The van der Waals surface area contributed by atoms with Crippen LogP contribution in [-0.4, -0.2) is 10.1 Å². The Hall–Kier alpha value is -0.410. The number of thiazole rings is 1. The van der Waals surface area contributed by atoms with Gasteiger partial charge in [-0.3, -0.25) is 0 Å². The van der Waals surface area contributed by atoms with E-state index in [1.165, 1.54) is 37.1 Å². The minimum Gasteiger partial charge on any atom is -0.388 e. The van der Waals surface area contributed by atoms with E-state index in [4.69, 9.17) is 0 Å². The molecule has 96 valence electrons. The lowest BCUT2D eigenvalue weighted by Gasteiger charge is -2.26. The summed E-state index contributed by atoms with van der Waals surface area (Å²) in [6.07, 6.45) is 6.23. The summed E-state index contributed by atoms with van der Waals surface area (Å²) in [5.74, 6) is 1.53. The van der Waals surface area contributed by atoms with Gasteiger partial charge in [-0.25, -0.2) is 4.98 Å². The van der Waals surface area contributed by atoms with E-state index in [0.29, 0.717) is 5.92 Å². The molecule has 0 radical (unpaired) electrons. The molecule has 1 aliphatic rings. The number of aromatic nitrogens is 1. The lowest BCUT2D eigenvalue weighted by molar-refractivity contribution is 0.202. The van der Waals surface area contributed by atoms with Gasteiger partial charge in [-0.1, -0.05) is 26.2 Å². The van der Waals surface area contributed by atoms with Gasteiger partial charge in [0, 0.05) is 5.92 Å². The smallest absolute Gasteiger partial charge is 0.0963 e. The van der Waals surface area contributed by atoms with Crippen molar-refractivity contribution < 1.29 is 5.11 Å². The van der Waals surface area contributed by atoms with E-state index < -0.39 is 0 Å². The molecule has 0 amide bonds. The van der Waals surface area contributed by atoms with Crippen LogP contribution in [0.15, 0.2) is 0 Å². The molecule has 1 aromatic rings. The normalized spacial score (nSPS) is 27.1. The summed E-state index contributed by atoms with van der Waals surface area (Å²) in [5, 5.41) is 10.9. The summed E-state index contributed by atoms with van der Waals surface area (Å²) in [5.41, 5.74) is 1.03. The number of hydrogen-bond donors (Lipinski definition) is 1. The third-order valence-corrected chi connectivity index (χ3v) is 5.43. The van der Waals surface area contributed by atoms with Crippen LogP contribution in [0.4, 0.5) is 0 Å². The Morgan fingerprint density at radius 2 is 2.24 bits per heavy atom. The van der Waals surface area contributed by atoms with E-state index in [1.807, 2.05) is 13.8 Å². The SMILES string of the molecule is CCC1CCCC(c2nc(C)c(C(C)O)s2)C1. The minimum absolute atomic E-state index is 0.369. The Kier molecular flexibility index (Phi) is 4.21. The molecule has 1 aliphatic carbocycles. The van der Waals surface area contributed by atoms with Crippen molar-refractivity contribution >= 4 is 11.3 Å². The van der Waals surface area contributed by atoms with Crippen molar-refractivity contribution in [1.29, 1.82) is 0 Å². The number of rotatable bonds is 3. The molecule has 3 heteroatoms. The Labute approximate surface area is 108 Å². The molecule has 1 fully saturated rings. The van der Waals surface area contributed by atoms with E-state index in [9.17, 15) is 5.11 Å². The fraction of sp³-hybridized carbons (Fsp3) is 0.786. The molecule has 2 rings (SSSR count). The highest BCUT2D eigenvalue weighted by Gasteiger charge is 2.25. The Morgan fingerprint density at radius 3 is 2.82 bits per heavy atom. The molecule has 3 unspecified atom stereocenters. The third-order valence-electron chi connectivity index (χ3n) is 3.94. The number of hydrogen-bond acceptors (Lipinski definition) is 3. The van der Waals surface area contributed by atoms with Crippen LogP contribution in [0.3, 0.4) is 0 Å². The van der Waals surface area contributed by atoms with E-state index >= 15 is 0 Å². The maximum atomic E-state index is 9.68. The highest BCUT2D eigenvalue weighted by Crippen LogP contribution is 2.40. The van der Waals surface area contributed by atoms with Crippen molar-refractivity contribution in [3.05, 3.63) is 15.6 Å². The topological polar surface area (TPSA) is 33.1 Å². The van der Waals surface area contributed by atoms with E-state index in [1.54, 1.807) is 11.3 Å². The summed E-state index contributed by atoms with van der Waals surface area (Å²) in [6.45, 7) is 6.14. The summed E-state index contributed by atoms with van der Waals surface area (Å²) >= 11 is 1.73. The van der Waals surface area contributed by atoms with Crippen LogP contribution in [0, 0.1) is 12.8 Å². The van der Waals surface area contributed by atoms with Crippen LogP contribution in [0.25, 0.3) is 0 Å². The monoisotopic (exact) mass is 253 g/mol. The number of aliphatic hydroxyl groups excluding tert-OH is 1. The average molecular weight is 253 g/mol. The molecule has 0 aliphatic heterocycles. The standard InChI is InChI=1S/C14H23NOS/c1-4-11-6-5-7-12(8-11)14-15-9(2)13(17-14)10(3)16/h10-12,16H,4-8H2,1-3H3. The predicted octanol–water partition coefficient (Wildman–Crippen LogP) is 4.19. The van der Waals surface area contributed by atoms with Gasteiger partial charge in [0.25, 0.3) is 0 Å². The van der Waals surface area contributed by atoms with Gasteiger partial charge in [0.15, 0.2) is 0 Å². The quantitative estimate of drug-likeness (QED) is 0.876. The van der Waals surface area contributed by atoms with Crippen molar-refractivity contribution in [1.82, 2.24) is 4.98 Å². The van der Waals surface area contributed by atoms with Crippen molar-refractivity contribution in [3.63, 3.8) is 0 Å². The van der Waals surface area contributed by atoms with Gasteiger partial charge in [0.05, 0.1) is 21.7 Å². The van der Waals surface area contributed by atoms with E-state index in [2.05, 4.69) is 11.9 Å². The van der Waals surface area contributed by atoms with Crippen LogP contribution in [0.2, 0.25) is 0 Å². The van der Waals surface area contributed by atoms with Gasteiger partial charge in [-0.2, -0.15) is 0 Å². The molecule has 2 nitrogen and oxygen atoms in total. The Balaban J connectivity index is 2.14. The molecule has 1 heterocycles. The predicted molar refractivity (Wildman–Crippen MR) is 72.5 cm³/mol.